The van der Waals surface area contributed by atoms with Gasteiger partial charge in [-0.3, -0.25) is 4.79 Å². The average Bonchev–Trinajstić information content (AvgIpc) is 2.25. The van der Waals surface area contributed by atoms with E-state index in [2.05, 4.69) is 4.74 Å². The van der Waals surface area contributed by atoms with E-state index in [0.717, 1.165) is 12.1 Å². The number of halogens is 6. The second kappa shape index (κ2) is 5.09. The SMILES string of the molecule is O=Cc1ccc(Cl)cc1OCC(F)(F)C(F)(F)F. The maximum atomic E-state index is 12.6. The lowest BCUT2D eigenvalue weighted by Crippen LogP contribution is -2.41. The molecule has 0 aliphatic rings. The zero-order chi connectivity index (χ0) is 14.0. The van der Waals surface area contributed by atoms with E-state index in [1.54, 1.807) is 0 Å². The summed E-state index contributed by atoms with van der Waals surface area (Å²) in [7, 11) is 0. The van der Waals surface area contributed by atoms with Gasteiger partial charge in [-0.15, -0.1) is 0 Å². The number of hydrogen-bond acceptors (Lipinski definition) is 2. The Hall–Kier alpha value is -1.37. The van der Waals surface area contributed by atoms with Gasteiger partial charge in [0.15, 0.2) is 12.9 Å². The lowest BCUT2D eigenvalue weighted by molar-refractivity contribution is -0.290. The average molecular weight is 289 g/mol. The van der Waals surface area contributed by atoms with Crippen molar-refractivity contribution in [1.82, 2.24) is 0 Å². The number of benzene rings is 1. The molecule has 0 fully saturated rings. The summed E-state index contributed by atoms with van der Waals surface area (Å²) in [6, 6.07) is 3.41. The number of rotatable bonds is 4. The summed E-state index contributed by atoms with van der Waals surface area (Å²) in [5, 5.41) is 0.0472. The van der Waals surface area contributed by atoms with Crippen LogP contribution in [0.25, 0.3) is 0 Å². The normalized spacial score (nSPS) is 12.3. The lowest BCUT2D eigenvalue weighted by Gasteiger charge is -2.20. The summed E-state index contributed by atoms with van der Waals surface area (Å²) in [6.45, 7) is -1.92. The molecule has 0 atom stereocenters. The first kappa shape index (κ1) is 14.7. The first-order valence-corrected chi connectivity index (χ1v) is 4.87. The highest BCUT2D eigenvalue weighted by Gasteiger charge is 2.58. The minimum absolute atomic E-state index is 0.0472. The molecule has 0 saturated heterocycles. The van der Waals surface area contributed by atoms with Crippen LogP contribution in [0.3, 0.4) is 0 Å². The molecule has 18 heavy (non-hydrogen) atoms. The molecule has 0 N–H and O–H groups in total. The van der Waals surface area contributed by atoms with Gasteiger partial charge in [0, 0.05) is 5.02 Å². The van der Waals surface area contributed by atoms with Gasteiger partial charge in [-0.25, -0.2) is 0 Å². The predicted octanol–water partition coefficient (Wildman–Crippen LogP) is 3.73. The number of aldehydes is 1. The van der Waals surface area contributed by atoms with Crippen molar-refractivity contribution in [3.63, 3.8) is 0 Å². The number of ether oxygens (including phenoxy) is 1. The highest BCUT2D eigenvalue weighted by atomic mass is 35.5. The molecule has 0 aliphatic carbocycles. The standard InChI is InChI=1S/C10H6ClF5O2/c11-7-2-1-6(4-17)8(3-7)18-5-9(12,13)10(14,15)16/h1-4H,5H2. The number of carbonyl (C=O) groups is 1. The van der Waals surface area contributed by atoms with Crippen molar-refractivity contribution in [3.05, 3.63) is 28.8 Å². The quantitative estimate of drug-likeness (QED) is 0.623. The molecule has 8 heteroatoms. The van der Waals surface area contributed by atoms with Gasteiger partial charge in [-0.1, -0.05) is 11.6 Å². The van der Waals surface area contributed by atoms with Crippen LogP contribution in [0.5, 0.6) is 5.75 Å². The van der Waals surface area contributed by atoms with Gasteiger partial charge < -0.3 is 4.74 Å². The van der Waals surface area contributed by atoms with Crippen LogP contribution in [0.4, 0.5) is 22.0 Å². The van der Waals surface area contributed by atoms with E-state index < -0.39 is 24.5 Å². The van der Waals surface area contributed by atoms with Gasteiger partial charge in [-0.05, 0) is 18.2 Å². The topological polar surface area (TPSA) is 26.3 Å². The highest BCUT2D eigenvalue weighted by Crippen LogP contribution is 2.36. The molecule has 0 saturated carbocycles. The van der Waals surface area contributed by atoms with Crippen LogP contribution >= 0.6 is 11.6 Å². The third-order valence-electron chi connectivity index (χ3n) is 1.93. The smallest absolute Gasteiger partial charge is 0.456 e. The Morgan fingerprint density at radius 1 is 1.22 bits per heavy atom. The Morgan fingerprint density at radius 3 is 2.33 bits per heavy atom. The van der Waals surface area contributed by atoms with Crippen molar-refractivity contribution in [1.29, 1.82) is 0 Å². The molecule has 2 nitrogen and oxygen atoms in total. The van der Waals surface area contributed by atoms with Crippen LogP contribution in [0, 0.1) is 0 Å². The Balaban J connectivity index is 2.87. The van der Waals surface area contributed by atoms with E-state index in [-0.39, 0.29) is 16.9 Å². The molecule has 0 radical (unpaired) electrons. The fraction of sp³-hybridized carbons (Fsp3) is 0.300. The van der Waals surface area contributed by atoms with Crippen molar-refractivity contribution < 1.29 is 31.5 Å². The molecular weight excluding hydrogens is 283 g/mol. The van der Waals surface area contributed by atoms with Gasteiger partial charge in [-0.2, -0.15) is 22.0 Å². The third kappa shape index (κ3) is 3.32. The molecule has 100 valence electrons. The second-order valence-electron chi connectivity index (χ2n) is 3.29. The summed E-state index contributed by atoms with van der Waals surface area (Å²) < 4.78 is 65.1. The summed E-state index contributed by atoms with van der Waals surface area (Å²) in [5.74, 6) is -5.43. The molecule has 0 unspecified atom stereocenters. The van der Waals surface area contributed by atoms with Gasteiger partial charge in [0.1, 0.15) is 5.75 Å². The Bertz CT molecular complexity index is 444. The Kier molecular flexibility index (Phi) is 4.16. The summed E-state index contributed by atoms with van der Waals surface area (Å²) in [6.07, 6.45) is -5.45. The van der Waals surface area contributed by atoms with Crippen LogP contribution in [-0.2, 0) is 0 Å². The summed E-state index contributed by atoms with van der Waals surface area (Å²) >= 11 is 5.51. The Morgan fingerprint density at radius 2 is 1.83 bits per heavy atom. The minimum atomic E-state index is -5.72. The molecule has 0 amide bonds. The van der Waals surface area contributed by atoms with Crippen molar-refractivity contribution in [3.8, 4) is 5.75 Å². The van der Waals surface area contributed by atoms with Crippen molar-refractivity contribution in [2.24, 2.45) is 0 Å². The summed E-state index contributed by atoms with van der Waals surface area (Å²) in [5.41, 5.74) is -0.169. The predicted molar refractivity (Wildman–Crippen MR) is 53.3 cm³/mol. The van der Waals surface area contributed by atoms with Crippen molar-refractivity contribution in [2.75, 3.05) is 6.61 Å². The second-order valence-corrected chi connectivity index (χ2v) is 3.73. The molecule has 0 heterocycles. The maximum absolute atomic E-state index is 12.6. The van der Waals surface area contributed by atoms with Gasteiger partial charge in [0.25, 0.3) is 0 Å². The van der Waals surface area contributed by atoms with E-state index in [1.807, 2.05) is 0 Å². The van der Waals surface area contributed by atoms with Crippen LogP contribution in [0.2, 0.25) is 5.02 Å². The van der Waals surface area contributed by atoms with Gasteiger partial charge in [0.05, 0.1) is 5.56 Å². The molecular formula is C10H6ClF5O2. The fourth-order valence-corrected chi connectivity index (χ4v) is 1.14. The first-order chi connectivity index (χ1) is 8.17. The molecule has 0 aliphatic heterocycles. The van der Waals surface area contributed by atoms with E-state index in [1.165, 1.54) is 6.07 Å². The van der Waals surface area contributed by atoms with Crippen molar-refractivity contribution in [2.45, 2.75) is 12.1 Å². The molecule has 0 spiro atoms. The fourth-order valence-electron chi connectivity index (χ4n) is 0.981. The van der Waals surface area contributed by atoms with Crippen LogP contribution in [0.1, 0.15) is 10.4 Å². The zero-order valence-corrected chi connectivity index (χ0v) is 9.36. The number of alkyl halides is 5. The zero-order valence-electron chi connectivity index (χ0n) is 8.60. The van der Waals surface area contributed by atoms with E-state index in [9.17, 15) is 26.7 Å². The highest BCUT2D eigenvalue weighted by molar-refractivity contribution is 6.30. The maximum Gasteiger partial charge on any atom is 0.456 e. The van der Waals surface area contributed by atoms with E-state index in [4.69, 9.17) is 11.6 Å². The van der Waals surface area contributed by atoms with Crippen LogP contribution in [-0.4, -0.2) is 25.0 Å². The number of carbonyl (C=O) groups excluding carboxylic acids is 1. The van der Waals surface area contributed by atoms with Crippen LogP contribution < -0.4 is 4.74 Å². The van der Waals surface area contributed by atoms with Gasteiger partial charge >= 0.3 is 12.1 Å². The van der Waals surface area contributed by atoms with Crippen LogP contribution in [0.15, 0.2) is 18.2 Å². The molecule has 0 aromatic heterocycles. The lowest BCUT2D eigenvalue weighted by atomic mass is 10.2. The molecule has 0 bridgehead atoms. The van der Waals surface area contributed by atoms with Gasteiger partial charge in [0.2, 0.25) is 0 Å². The number of hydrogen-bond donors (Lipinski definition) is 0. The first-order valence-electron chi connectivity index (χ1n) is 4.49. The van der Waals surface area contributed by atoms with E-state index in [0.29, 0.717) is 0 Å². The Labute approximate surface area is 103 Å². The molecule has 1 aromatic rings. The molecule has 1 rings (SSSR count). The van der Waals surface area contributed by atoms with Crippen molar-refractivity contribution >= 4 is 17.9 Å². The minimum Gasteiger partial charge on any atom is -0.486 e. The third-order valence-corrected chi connectivity index (χ3v) is 2.16. The summed E-state index contributed by atoms with van der Waals surface area (Å²) in [4.78, 5) is 10.5. The molecule has 1 aromatic carbocycles. The van der Waals surface area contributed by atoms with E-state index >= 15 is 0 Å². The largest absolute Gasteiger partial charge is 0.486 e. The monoisotopic (exact) mass is 288 g/mol.